The highest BCUT2D eigenvalue weighted by atomic mass is 19.4. The maximum absolute atomic E-state index is 13.6. The lowest BCUT2D eigenvalue weighted by Gasteiger charge is -2.18. The number of pyridine rings is 1. The van der Waals surface area contributed by atoms with Gasteiger partial charge >= 0.3 is 18.2 Å². The molecule has 5 N–H and O–H groups in total. The first-order valence-electron chi connectivity index (χ1n) is 9.75. The van der Waals surface area contributed by atoms with Crippen LogP contribution in [0, 0.1) is 0 Å². The molecular weight excluding hydrogens is 457 g/mol. The number of hydrogen-bond donors (Lipinski definition) is 4. The molecule has 0 fully saturated rings. The third-order valence-corrected chi connectivity index (χ3v) is 4.23. The van der Waals surface area contributed by atoms with E-state index in [1.54, 1.807) is 0 Å². The zero-order valence-electron chi connectivity index (χ0n) is 17.4. The smallest absolute Gasteiger partial charge is 0.421 e. The minimum Gasteiger partial charge on any atom is -0.492 e. The predicted octanol–water partition coefficient (Wildman–Crippen LogP) is 4.57. The number of benzene rings is 2. The fourth-order valence-electron chi connectivity index (χ4n) is 2.84. The zero-order valence-corrected chi connectivity index (χ0v) is 17.4. The van der Waals surface area contributed by atoms with Gasteiger partial charge < -0.3 is 30.9 Å². The summed E-state index contributed by atoms with van der Waals surface area (Å²) in [5, 5.41) is 13.6. The molecule has 9 nitrogen and oxygen atoms in total. The number of halogens is 3. The Morgan fingerprint density at radius 1 is 1.03 bits per heavy atom. The number of amides is 2. The van der Waals surface area contributed by atoms with Crippen molar-refractivity contribution in [1.82, 2.24) is 4.98 Å². The van der Waals surface area contributed by atoms with Crippen LogP contribution in [0.5, 0.6) is 17.2 Å². The summed E-state index contributed by atoms with van der Waals surface area (Å²) < 4.78 is 51.3. The summed E-state index contributed by atoms with van der Waals surface area (Å²) in [6.45, 7) is -0.0959. The molecule has 0 saturated carbocycles. The normalized spacial score (nSPS) is 10.9. The Morgan fingerprint density at radius 3 is 2.41 bits per heavy atom. The second-order valence-electron chi connectivity index (χ2n) is 6.70. The van der Waals surface area contributed by atoms with Crippen LogP contribution in [-0.2, 0) is 6.18 Å². The molecular formula is C22H19F3N4O5. The van der Waals surface area contributed by atoms with E-state index >= 15 is 0 Å². The molecule has 0 saturated heterocycles. The highest BCUT2D eigenvalue weighted by Gasteiger charge is 2.37. The van der Waals surface area contributed by atoms with Crippen LogP contribution in [0.4, 0.5) is 29.3 Å². The molecule has 2 aromatic carbocycles. The molecule has 0 radical (unpaired) electrons. The third-order valence-electron chi connectivity index (χ3n) is 4.23. The maximum atomic E-state index is 13.6. The molecule has 0 unspecified atom stereocenters. The molecule has 1 aromatic heterocycles. The third kappa shape index (κ3) is 6.36. The molecule has 12 heteroatoms. The number of rotatable bonds is 8. The second kappa shape index (κ2) is 10.5. The number of ether oxygens (including phenoxy) is 2. The van der Waals surface area contributed by atoms with Gasteiger partial charge in [-0.1, -0.05) is 6.07 Å². The summed E-state index contributed by atoms with van der Waals surface area (Å²) in [5.74, 6) is -1.08. The Hall–Kier alpha value is -4.32. The second-order valence-corrected chi connectivity index (χ2v) is 6.70. The van der Waals surface area contributed by atoms with Crippen LogP contribution in [0.3, 0.4) is 0 Å². The van der Waals surface area contributed by atoms with E-state index in [1.807, 2.05) is 0 Å². The monoisotopic (exact) mass is 476 g/mol. The summed E-state index contributed by atoms with van der Waals surface area (Å²) in [6, 6.07) is 11.3. The largest absolute Gasteiger partial charge is 0.492 e. The zero-order chi connectivity index (χ0) is 24.7. The van der Waals surface area contributed by atoms with Crippen molar-refractivity contribution in [2.75, 3.05) is 23.8 Å². The van der Waals surface area contributed by atoms with E-state index in [0.717, 1.165) is 12.1 Å². The average molecular weight is 476 g/mol. The number of urea groups is 1. The van der Waals surface area contributed by atoms with E-state index < -0.39 is 35.2 Å². The van der Waals surface area contributed by atoms with Gasteiger partial charge in [0.25, 0.3) is 0 Å². The van der Waals surface area contributed by atoms with E-state index in [0.29, 0.717) is 5.75 Å². The SMILES string of the molecule is NCCOc1cccc(NC(=O)Nc2ccc(Oc3ccnc(C(=O)O)c3)cc2)c1C(F)(F)F. The van der Waals surface area contributed by atoms with Crippen LogP contribution in [0.15, 0.2) is 60.8 Å². The van der Waals surface area contributed by atoms with E-state index in [9.17, 15) is 22.8 Å². The number of aromatic carboxylic acids is 1. The minimum atomic E-state index is -4.78. The molecule has 0 spiro atoms. The lowest BCUT2D eigenvalue weighted by Crippen LogP contribution is -2.22. The van der Waals surface area contributed by atoms with E-state index in [4.69, 9.17) is 20.3 Å². The number of anilines is 2. The van der Waals surface area contributed by atoms with Crippen molar-refractivity contribution < 1.29 is 37.3 Å². The molecule has 3 rings (SSSR count). The Labute approximate surface area is 191 Å². The summed E-state index contributed by atoms with van der Waals surface area (Å²) in [6.07, 6.45) is -3.50. The molecule has 0 atom stereocenters. The topological polar surface area (TPSA) is 136 Å². The molecule has 3 aromatic rings. The first-order valence-corrected chi connectivity index (χ1v) is 9.75. The van der Waals surface area contributed by atoms with E-state index in [2.05, 4.69) is 15.6 Å². The molecule has 34 heavy (non-hydrogen) atoms. The van der Waals surface area contributed by atoms with Crippen molar-refractivity contribution in [3.63, 3.8) is 0 Å². The van der Waals surface area contributed by atoms with Gasteiger partial charge in [0, 0.05) is 24.5 Å². The van der Waals surface area contributed by atoms with Crippen LogP contribution < -0.4 is 25.8 Å². The number of nitrogens with two attached hydrogens (primary N) is 1. The van der Waals surface area contributed by atoms with Gasteiger partial charge in [0.2, 0.25) is 0 Å². The van der Waals surface area contributed by atoms with Gasteiger partial charge in [-0.2, -0.15) is 13.2 Å². The summed E-state index contributed by atoms with van der Waals surface area (Å²) in [7, 11) is 0. The van der Waals surface area contributed by atoms with Gasteiger partial charge in [0.15, 0.2) is 5.69 Å². The first-order chi connectivity index (χ1) is 16.2. The van der Waals surface area contributed by atoms with E-state index in [-0.39, 0.29) is 30.3 Å². The predicted molar refractivity (Wildman–Crippen MR) is 116 cm³/mol. The summed E-state index contributed by atoms with van der Waals surface area (Å²) in [4.78, 5) is 27.0. The quantitative estimate of drug-likeness (QED) is 0.374. The first kappa shape index (κ1) is 24.3. The Bertz CT molecular complexity index is 1170. The van der Waals surface area contributed by atoms with Gasteiger partial charge in [-0.15, -0.1) is 0 Å². The van der Waals surface area contributed by atoms with Crippen LogP contribution in [0.25, 0.3) is 0 Å². The lowest BCUT2D eigenvalue weighted by molar-refractivity contribution is -0.138. The minimum absolute atomic E-state index is 0.0248. The standard InChI is InChI=1S/C22H19F3N4O5/c23-22(24,25)19-16(2-1-3-18(19)33-11-9-26)29-21(32)28-13-4-6-14(7-5-13)34-15-8-10-27-17(12-15)20(30)31/h1-8,10,12H,9,11,26H2,(H,30,31)(H2,28,29,32). The van der Waals surface area contributed by atoms with Crippen LogP contribution >= 0.6 is 0 Å². The highest BCUT2D eigenvalue weighted by Crippen LogP contribution is 2.41. The fourth-order valence-corrected chi connectivity index (χ4v) is 2.84. The van der Waals surface area contributed by atoms with Crippen molar-refractivity contribution in [2.24, 2.45) is 5.73 Å². The molecule has 0 aliphatic carbocycles. The number of carboxylic acids is 1. The molecule has 178 valence electrons. The lowest BCUT2D eigenvalue weighted by atomic mass is 10.1. The van der Waals surface area contributed by atoms with Gasteiger partial charge in [-0.25, -0.2) is 14.6 Å². The van der Waals surface area contributed by atoms with Crippen molar-refractivity contribution >= 4 is 23.4 Å². The molecule has 0 bridgehead atoms. The average Bonchev–Trinajstić information content (AvgIpc) is 2.78. The van der Waals surface area contributed by atoms with Crippen LogP contribution in [0.2, 0.25) is 0 Å². The van der Waals surface area contributed by atoms with E-state index in [1.165, 1.54) is 48.7 Å². The number of nitrogens with one attached hydrogen (secondary N) is 2. The number of hydrogen-bond acceptors (Lipinski definition) is 6. The van der Waals surface area contributed by atoms with Gasteiger partial charge in [-0.05, 0) is 42.5 Å². The molecule has 0 aliphatic rings. The van der Waals surface area contributed by atoms with Crippen molar-refractivity contribution in [1.29, 1.82) is 0 Å². The van der Waals surface area contributed by atoms with Gasteiger partial charge in [-0.3, -0.25) is 0 Å². The number of carbonyl (C=O) groups excluding carboxylic acids is 1. The number of aromatic nitrogens is 1. The van der Waals surface area contributed by atoms with Crippen molar-refractivity contribution in [3.8, 4) is 17.2 Å². The Balaban J connectivity index is 1.69. The number of alkyl halides is 3. The summed E-state index contributed by atoms with van der Waals surface area (Å²) in [5.41, 5.74) is 3.77. The van der Waals surface area contributed by atoms with Gasteiger partial charge in [0.05, 0.1) is 5.69 Å². The molecule has 2 amide bonds. The van der Waals surface area contributed by atoms with Crippen molar-refractivity contribution in [3.05, 3.63) is 72.1 Å². The number of nitrogens with zero attached hydrogens (tertiary/aromatic N) is 1. The Kier molecular flexibility index (Phi) is 7.53. The Morgan fingerprint density at radius 2 is 1.76 bits per heavy atom. The summed E-state index contributed by atoms with van der Waals surface area (Å²) >= 11 is 0. The fraction of sp³-hybridized carbons (Fsp3) is 0.136. The highest BCUT2D eigenvalue weighted by molar-refractivity contribution is 6.00. The molecule has 1 heterocycles. The van der Waals surface area contributed by atoms with Crippen LogP contribution in [0.1, 0.15) is 16.1 Å². The molecule has 0 aliphatic heterocycles. The number of carboxylic acid groups (broad SMARTS) is 1. The van der Waals surface area contributed by atoms with Crippen LogP contribution in [-0.4, -0.2) is 35.2 Å². The number of carbonyl (C=O) groups is 2. The maximum Gasteiger partial charge on any atom is 0.421 e. The van der Waals surface area contributed by atoms with Gasteiger partial charge in [0.1, 0.15) is 29.4 Å². The van der Waals surface area contributed by atoms with Crippen molar-refractivity contribution in [2.45, 2.75) is 6.18 Å².